The van der Waals surface area contributed by atoms with Crippen molar-refractivity contribution in [2.45, 2.75) is 26.3 Å². The van der Waals surface area contributed by atoms with Crippen LogP contribution in [0.1, 0.15) is 17.1 Å². The number of nitrogens with one attached hydrogen (secondary N) is 1. The van der Waals surface area contributed by atoms with Crippen LogP contribution in [0, 0.1) is 6.92 Å². The Balaban J connectivity index is 1.49. The van der Waals surface area contributed by atoms with Gasteiger partial charge in [-0.1, -0.05) is 0 Å². The lowest BCUT2D eigenvalue weighted by Gasteiger charge is -2.18. The molecule has 0 bridgehead atoms. The van der Waals surface area contributed by atoms with E-state index >= 15 is 0 Å². The highest BCUT2D eigenvalue weighted by Gasteiger charge is 2.20. The van der Waals surface area contributed by atoms with Crippen LogP contribution in [-0.4, -0.2) is 44.4 Å². The van der Waals surface area contributed by atoms with Gasteiger partial charge in [0.1, 0.15) is 11.6 Å². The number of thiazole rings is 1. The Bertz CT molecular complexity index is 814. The van der Waals surface area contributed by atoms with Gasteiger partial charge in [-0.25, -0.2) is 15.0 Å². The van der Waals surface area contributed by atoms with E-state index in [4.69, 9.17) is 4.98 Å². The minimum Gasteiger partial charge on any atom is -0.368 e. The Morgan fingerprint density at radius 1 is 1.20 bits per heavy atom. The SMILES string of the molecule is Cc1nc2c(c(NCCn3cccn3)n1)CCN(c1nccs1)CC2. The van der Waals surface area contributed by atoms with Gasteiger partial charge in [-0.2, -0.15) is 5.10 Å². The summed E-state index contributed by atoms with van der Waals surface area (Å²) in [6.45, 7) is 5.46. The molecule has 4 heterocycles. The molecular formula is C17H21N7S. The van der Waals surface area contributed by atoms with E-state index < -0.39 is 0 Å². The number of aryl methyl sites for hydroxylation is 1. The molecule has 0 fully saturated rings. The molecule has 25 heavy (non-hydrogen) atoms. The zero-order valence-electron chi connectivity index (χ0n) is 14.2. The predicted molar refractivity (Wildman–Crippen MR) is 99.2 cm³/mol. The van der Waals surface area contributed by atoms with Crippen LogP contribution in [0.15, 0.2) is 30.0 Å². The van der Waals surface area contributed by atoms with Crippen LogP contribution in [0.2, 0.25) is 0 Å². The summed E-state index contributed by atoms with van der Waals surface area (Å²) in [5.74, 6) is 1.79. The van der Waals surface area contributed by atoms with E-state index in [1.165, 1.54) is 5.56 Å². The lowest BCUT2D eigenvalue weighted by Crippen LogP contribution is -2.25. The zero-order valence-corrected chi connectivity index (χ0v) is 15.0. The Kier molecular flexibility index (Phi) is 4.60. The molecule has 0 unspecified atom stereocenters. The van der Waals surface area contributed by atoms with Crippen molar-refractivity contribution in [3.63, 3.8) is 0 Å². The van der Waals surface area contributed by atoms with Gasteiger partial charge in [-0.15, -0.1) is 11.3 Å². The topological polar surface area (TPSA) is 71.8 Å². The lowest BCUT2D eigenvalue weighted by molar-refractivity contribution is 0.636. The molecule has 3 aromatic rings. The molecule has 1 aliphatic heterocycles. The van der Waals surface area contributed by atoms with E-state index in [1.54, 1.807) is 17.5 Å². The maximum absolute atomic E-state index is 4.70. The van der Waals surface area contributed by atoms with E-state index in [0.717, 1.165) is 61.5 Å². The minimum absolute atomic E-state index is 0.792. The van der Waals surface area contributed by atoms with Gasteiger partial charge in [0.15, 0.2) is 5.13 Å². The fourth-order valence-corrected chi connectivity index (χ4v) is 3.85. The van der Waals surface area contributed by atoms with Crippen molar-refractivity contribution < 1.29 is 0 Å². The Hall–Kier alpha value is -2.48. The molecule has 0 amide bonds. The number of hydrogen-bond donors (Lipinski definition) is 1. The normalized spacial score (nSPS) is 14.2. The third-order valence-corrected chi connectivity index (χ3v) is 5.17. The second-order valence-corrected chi connectivity index (χ2v) is 6.92. The highest BCUT2D eigenvalue weighted by atomic mass is 32.1. The molecule has 0 atom stereocenters. The maximum atomic E-state index is 4.70. The van der Waals surface area contributed by atoms with Crippen LogP contribution in [0.4, 0.5) is 10.9 Å². The highest BCUT2D eigenvalue weighted by Crippen LogP contribution is 2.25. The fraction of sp³-hybridized carbons (Fsp3) is 0.412. The summed E-state index contributed by atoms with van der Waals surface area (Å²) in [4.78, 5) is 16.1. The molecule has 8 heteroatoms. The van der Waals surface area contributed by atoms with Gasteiger partial charge in [-0.05, 0) is 19.4 Å². The van der Waals surface area contributed by atoms with Crippen molar-refractivity contribution in [1.29, 1.82) is 0 Å². The molecule has 4 rings (SSSR count). The predicted octanol–water partition coefficient (Wildman–Crippen LogP) is 2.16. The van der Waals surface area contributed by atoms with Gasteiger partial charge >= 0.3 is 0 Å². The first-order chi connectivity index (χ1) is 12.3. The van der Waals surface area contributed by atoms with Crippen LogP contribution in [-0.2, 0) is 19.4 Å². The molecule has 0 aliphatic carbocycles. The number of rotatable bonds is 5. The third-order valence-electron chi connectivity index (χ3n) is 4.34. The smallest absolute Gasteiger partial charge is 0.185 e. The number of aromatic nitrogens is 5. The third kappa shape index (κ3) is 3.63. The first kappa shape index (κ1) is 16.0. The molecule has 0 saturated heterocycles. The monoisotopic (exact) mass is 355 g/mol. The lowest BCUT2D eigenvalue weighted by atomic mass is 10.1. The molecule has 1 N–H and O–H groups in total. The quantitative estimate of drug-likeness (QED) is 0.756. The summed E-state index contributed by atoms with van der Waals surface area (Å²) in [6.07, 6.45) is 7.49. The zero-order chi connectivity index (χ0) is 17.1. The minimum atomic E-state index is 0.792. The number of fused-ring (bicyclic) bond motifs is 1. The molecule has 130 valence electrons. The van der Waals surface area contributed by atoms with Crippen LogP contribution < -0.4 is 10.2 Å². The van der Waals surface area contributed by atoms with Crippen molar-refractivity contribution in [2.24, 2.45) is 0 Å². The second-order valence-electron chi connectivity index (χ2n) is 6.04. The molecular weight excluding hydrogens is 334 g/mol. The summed E-state index contributed by atoms with van der Waals surface area (Å²) in [7, 11) is 0. The number of nitrogens with zero attached hydrogens (tertiary/aromatic N) is 6. The standard InChI is InChI=1S/C17H21N7S/c1-13-21-15-4-10-23(17-19-7-12-25-17)9-3-14(15)16(22-13)18-6-11-24-8-2-5-20-24/h2,5,7-8,12H,3-4,6,9-11H2,1H3,(H,18,21,22). The summed E-state index contributed by atoms with van der Waals surface area (Å²) in [5.41, 5.74) is 2.40. The van der Waals surface area contributed by atoms with Crippen molar-refractivity contribution >= 4 is 22.3 Å². The first-order valence-electron chi connectivity index (χ1n) is 8.52. The van der Waals surface area contributed by atoms with Crippen LogP contribution >= 0.6 is 11.3 Å². The number of anilines is 2. The maximum Gasteiger partial charge on any atom is 0.185 e. The summed E-state index contributed by atoms with van der Waals surface area (Å²) in [5, 5.41) is 10.8. The average molecular weight is 355 g/mol. The van der Waals surface area contributed by atoms with E-state index in [-0.39, 0.29) is 0 Å². The van der Waals surface area contributed by atoms with Gasteiger partial charge in [0, 0.05) is 55.6 Å². The number of hydrogen-bond acceptors (Lipinski definition) is 7. The molecule has 0 saturated carbocycles. The van der Waals surface area contributed by atoms with Gasteiger partial charge in [0.05, 0.1) is 12.2 Å². The van der Waals surface area contributed by atoms with E-state index in [2.05, 4.69) is 25.3 Å². The fourth-order valence-electron chi connectivity index (χ4n) is 3.15. The summed E-state index contributed by atoms with van der Waals surface area (Å²) < 4.78 is 1.92. The summed E-state index contributed by atoms with van der Waals surface area (Å²) in [6, 6.07) is 1.94. The van der Waals surface area contributed by atoms with Crippen LogP contribution in [0.3, 0.4) is 0 Å². The van der Waals surface area contributed by atoms with E-state index in [0.29, 0.717) is 0 Å². The van der Waals surface area contributed by atoms with Gasteiger partial charge in [-0.3, -0.25) is 4.68 Å². The van der Waals surface area contributed by atoms with E-state index in [1.807, 2.05) is 35.4 Å². The molecule has 0 aromatic carbocycles. The molecule has 3 aromatic heterocycles. The Labute approximate surface area is 150 Å². The van der Waals surface area contributed by atoms with Gasteiger partial charge in [0.2, 0.25) is 0 Å². The molecule has 1 aliphatic rings. The average Bonchev–Trinajstić information content (AvgIpc) is 3.27. The highest BCUT2D eigenvalue weighted by molar-refractivity contribution is 7.13. The Morgan fingerprint density at radius 2 is 2.12 bits per heavy atom. The first-order valence-corrected chi connectivity index (χ1v) is 9.40. The molecule has 7 nitrogen and oxygen atoms in total. The molecule has 0 radical (unpaired) electrons. The van der Waals surface area contributed by atoms with Crippen LogP contribution in [0.5, 0.6) is 0 Å². The largest absolute Gasteiger partial charge is 0.368 e. The van der Waals surface area contributed by atoms with Crippen LogP contribution in [0.25, 0.3) is 0 Å². The van der Waals surface area contributed by atoms with Crippen molar-refractivity contribution in [1.82, 2.24) is 24.7 Å². The van der Waals surface area contributed by atoms with Crippen molar-refractivity contribution in [3.05, 3.63) is 47.1 Å². The van der Waals surface area contributed by atoms with Gasteiger partial charge in [0.25, 0.3) is 0 Å². The van der Waals surface area contributed by atoms with Gasteiger partial charge < -0.3 is 10.2 Å². The summed E-state index contributed by atoms with van der Waals surface area (Å²) >= 11 is 1.69. The molecule has 0 spiro atoms. The Morgan fingerprint density at radius 3 is 2.92 bits per heavy atom. The second kappa shape index (κ2) is 7.18. The van der Waals surface area contributed by atoms with Crippen molar-refractivity contribution in [3.8, 4) is 0 Å². The van der Waals surface area contributed by atoms with Crippen molar-refractivity contribution in [2.75, 3.05) is 29.9 Å². The van der Waals surface area contributed by atoms with E-state index in [9.17, 15) is 0 Å².